The number of alkyl halides is 3. The zero-order valence-corrected chi connectivity index (χ0v) is 15.1. The highest BCUT2D eigenvalue weighted by Crippen LogP contribution is 2.33. The Morgan fingerprint density at radius 2 is 1.83 bits per heavy atom. The lowest BCUT2D eigenvalue weighted by Gasteiger charge is -2.22. The Balaban J connectivity index is 1.74. The Labute approximate surface area is 164 Å². The Morgan fingerprint density at radius 1 is 1.10 bits per heavy atom. The van der Waals surface area contributed by atoms with Gasteiger partial charge < -0.3 is 15.4 Å². The van der Waals surface area contributed by atoms with Gasteiger partial charge in [0.05, 0.1) is 0 Å². The Morgan fingerprint density at radius 3 is 2.45 bits per heavy atom. The van der Waals surface area contributed by atoms with Crippen molar-refractivity contribution in [3.63, 3.8) is 0 Å². The van der Waals surface area contributed by atoms with Crippen molar-refractivity contribution < 1.29 is 31.9 Å². The number of hydrogen-bond donors (Lipinski definition) is 2. The first-order valence-electron chi connectivity index (χ1n) is 8.89. The SMILES string of the molecule is O=C(NC(c1ccc(F)cc1)C(F)(F)F)c1cccc(NC(=O)C2CCCO2)c1. The molecule has 1 heterocycles. The first-order valence-corrected chi connectivity index (χ1v) is 8.89. The van der Waals surface area contributed by atoms with Gasteiger partial charge in [0.15, 0.2) is 6.04 Å². The van der Waals surface area contributed by atoms with Gasteiger partial charge in [0.25, 0.3) is 11.8 Å². The molecule has 1 fully saturated rings. The van der Waals surface area contributed by atoms with Crippen LogP contribution in [0.3, 0.4) is 0 Å². The highest BCUT2D eigenvalue weighted by Gasteiger charge is 2.42. The number of anilines is 1. The van der Waals surface area contributed by atoms with Crippen molar-refractivity contribution in [3.05, 3.63) is 65.5 Å². The van der Waals surface area contributed by atoms with Crippen molar-refractivity contribution in [2.75, 3.05) is 11.9 Å². The topological polar surface area (TPSA) is 67.4 Å². The van der Waals surface area contributed by atoms with E-state index in [0.29, 0.717) is 13.0 Å². The summed E-state index contributed by atoms with van der Waals surface area (Å²) in [5.74, 6) is -2.04. The zero-order valence-electron chi connectivity index (χ0n) is 15.1. The van der Waals surface area contributed by atoms with E-state index in [9.17, 15) is 27.2 Å². The third-order valence-electron chi connectivity index (χ3n) is 4.42. The number of carbonyl (C=O) groups excluding carboxylic acids is 2. The molecule has 0 radical (unpaired) electrons. The van der Waals surface area contributed by atoms with Crippen molar-refractivity contribution >= 4 is 17.5 Å². The van der Waals surface area contributed by atoms with E-state index in [1.807, 2.05) is 5.32 Å². The van der Waals surface area contributed by atoms with E-state index < -0.39 is 30.0 Å². The van der Waals surface area contributed by atoms with Crippen LogP contribution in [-0.2, 0) is 9.53 Å². The summed E-state index contributed by atoms with van der Waals surface area (Å²) in [6, 6.07) is 6.97. The van der Waals surface area contributed by atoms with Gasteiger partial charge in [0.1, 0.15) is 11.9 Å². The average Bonchev–Trinajstić information content (AvgIpc) is 3.21. The molecular weight excluding hydrogens is 392 g/mol. The number of hydrogen-bond acceptors (Lipinski definition) is 3. The van der Waals surface area contributed by atoms with E-state index >= 15 is 0 Å². The van der Waals surface area contributed by atoms with Crippen LogP contribution in [0, 0.1) is 5.82 Å². The molecule has 2 unspecified atom stereocenters. The maximum absolute atomic E-state index is 13.4. The molecule has 0 spiro atoms. The third kappa shape index (κ3) is 5.32. The molecular formula is C20H18F4N2O3. The minimum Gasteiger partial charge on any atom is -0.368 e. The first kappa shape index (κ1) is 20.8. The molecule has 0 aromatic heterocycles. The van der Waals surface area contributed by atoms with Gasteiger partial charge in [-0.15, -0.1) is 0 Å². The monoisotopic (exact) mass is 410 g/mol. The predicted octanol–water partition coefficient (Wildman–Crippen LogP) is 3.98. The van der Waals surface area contributed by atoms with E-state index in [-0.39, 0.29) is 22.7 Å². The van der Waals surface area contributed by atoms with Crippen LogP contribution < -0.4 is 10.6 Å². The molecule has 2 aromatic rings. The van der Waals surface area contributed by atoms with Crippen LogP contribution >= 0.6 is 0 Å². The van der Waals surface area contributed by atoms with Crippen LogP contribution in [0.25, 0.3) is 0 Å². The van der Waals surface area contributed by atoms with E-state index in [1.54, 1.807) is 0 Å². The van der Waals surface area contributed by atoms with Crippen LogP contribution in [0.2, 0.25) is 0 Å². The highest BCUT2D eigenvalue weighted by molar-refractivity contribution is 5.98. The molecule has 1 aliphatic rings. The molecule has 2 atom stereocenters. The zero-order chi connectivity index (χ0) is 21.0. The van der Waals surface area contributed by atoms with Gasteiger partial charge in [-0.3, -0.25) is 9.59 Å². The fourth-order valence-electron chi connectivity index (χ4n) is 2.97. The largest absolute Gasteiger partial charge is 0.412 e. The van der Waals surface area contributed by atoms with E-state index in [2.05, 4.69) is 5.32 Å². The van der Waals surface area contributed by atoms with Crippen molar-refractivity contribution in [2.45, 2.75) is 31.2 Å². The van der Waals surface area contributed by atoms with E-state index in [4.69, 9.17) is 4.74 Å². The predicted molar refractivity (Wildman–Crippen MR) is 96.7 cm³/mol. The number of amides is 2. The standard InChI is InChI=1S/C20H18F4N2O3/c21-14-8-6-12(7-9-14)17(20(22,23)24)26-18(27)13-3-1-4-15(11-13)25-19(28)16-5-2-10-29-16/h1,3-4,6-9,11,16-17H,2,5,10H2,(H,25,28)(H,26,27). The fourth-order valence-corrected chi connectivity index (χ4v) is 2.97. The molecule has 1 saturated heterocycles. The van der Waals surface area contributed by atoms with Crippen molar-refractivity contribution in [1.82, 2.24) is 5.32 Å². The Hall–Kier alpha value is -2.94. The molecule has 9 heteroatoms. The summed E-state index contributed by atoms with van der Waals surface area (Å²) in [6.07, 6.45) is -4.01. The van der Waals surface area contributed by atoms with Gasteiger partial charge in [0, 0.05) is 17.9 Å². The lowest BCUT2D eigenvalue weighted by atomic mass is 10.1. The quantitative estimate of drug-likeness (QED) is 0.733. The summed E-state index contributed by atoms with van der Waals surface area (Å²) >= 11 is 0. The molecule has 3 rings (SSSR count). The fraction of sp³-hybridized carbons (Fsp3) is 0.300. The summed E-state index contributed by atoms with van der Waals surface area (Å²) in [5.41, 5.74) is -0.0925. The number of carbonyl (C=O) groups is 2. The number of benzene rings is 2. The highest BCUT2D eigenvalue weighted by atomic mass is 19.4. The maximum Gasteiger partial charge on any atom is 0.412 e. The van der Waals surface area contributed by atoms with Crippen molar-refractivity contribution in [3.8, 4) is 0 Å². The van der Waals surface area contributed by atoms with Gasteiger partial charge >= 0.3 is 6.18 Å². The average molecular weight is 410 g/mol. The van der Waals surface area contributed by atoms with Gasteiger partial charge in [-0.25, -0.2) is 4.39 Å². The third-order valence-corrected chi connectivity index (χ3v) is 4.42. The van der Waals surface area contributed by atoms with Crippen LogP contribution in [0.1, 0.15) is 34.8 Å². The molecule has 154 valence electrons. The second-order valence-electron chi connectivity index (χ2n) is 6.57. The summed E-state index contributed by atoms with van der Waals surface area (Å²) in [7, 11) is 0. The molecule has 0 aliphatic carbocycles. The van der Waals surface area contributed by atoms with E-state index in [1.165, 1.54) is 24.3 Å². The normalized spacial score (nSPS) is 17.6. The molecule has 2 amide bonds. The molecule has 2 N–H and O–H groups in total. The van der Waals surface area contributed by atoms with Gasteiger partial charge in [-0.2, -0.15) is 13.2 Å². The number of halogens is 4. The van der Waals surface area contributed by atoms with E-state index in [0.717, 1.165) is 30.7 Å². The molecule has 0 saturated carbocycles. The number of rotatable bonds is 5. The molecule has 29 heavy (non-hydrogen) atoms. The van der Waals surface area contributed by atoms with Crippen molar-refractivity contribution in [2.24, 2.45) is 0 Å². The number of ether oxygens (including phenoxy) is 1. The maximum atomic E-state index is 13.4. The summed E-state index contributed by atoms with van der Waals surface area (Å²) in [6.45, 7) is 0.489. The van der Waals surface area contributed by atoms with Gasteiger partial charge in [-0.1, -0.05) is 18.2 Å². The van der Waals surface area contributed by atoms with Crippen LogP contribution in [-0.4, -0.2) is 30.7 Å². The summed E-state index contributed by atoms with van der Waals surface area (Å²) < 4.78 is 58.6. The molecule has 0 bridgehead atoms. The smallest absolute Gasteiger partial charge is 0.368 e. The summed E-state index contributed by atoms with van der Waals surface area (Å²) in [4.78, 5) is 24.5. The van der Waals surface area contributed by atoms with Crippen molar-refractivity contribution in [1.29, 1.82) is 0 Å². The molecule has 2 aromatic carbocycles. The van der Waals surface area contributed by atoms with Crippen LogP contribution in [0.15, 0.2) is 48.5 Å². The lowest BCUT2D eigenvalue weighted by Crippen LogP contribution is -2.38. The van der Waals surface area contributed by atoms with Gasteiger partial charge in [-0.05, 0) is 48.7 Å². The second-order valence-corrected chi connectivity index (χ2v) is 6.57. The molecule has 1 aliphatic heterocycles. The van der Waals surface area contributed by atoms with Crippen LogP contribution in [0.4, 0.5) is 23.2 Å². The second kappa shape index (κ2) is 8.60. The summed E-state index contributed by atoms with van der Waals surface area (Å²) in [5, 5.41) is 4.51. The molecule has 5 nitrogen and oxygen atoms in total. The Bertz CT molecular complexity index is 878. The lowest BCUT2D eigenvalue weighted by molar-refractivity contribution is -0.155. The minimum absolute atomic E-state index is 0.0634. The van der Waals surface area contributed by atoms with Crippen LogP contribution in [0.5, 0.6) is 0 Å². The van der Waals surface area contributed by atoms with Gasteiger partial charge in [0.2, 0.25) is 0 Å². The number of nitrogens with one attached hydrogen (secondary N) is 2. The first-order chi connectivity index (χ1) is 13.7. The minimum atomic E-state index is -4.78. The Kier molecular flexibility index (Phi) is 6.17.